The van der Waals surface area contributed by atoms with Crippen LogP contribution in [0.25, 0.3) is 10.9 Å². The minimum Gasteiger partial charge on any atom is -0.493 e. The third kappa shape index (κ3) is 4.80. The number of methoxy groups -OCH3 is 2. The second-order valence-electron chi connectivity index (χ2n) is 8.55. The van der Waals surface area contributed by atoms with Crippen molar-refractivity contribution in [2.24, 2.45) is 5.92 Å². The van der Waals surface area contributed by atoms with E-state index in [-0.39, 0.29) is 11.4 Å². The van der Waals surface area contributed by atoms with E-state index in [9.17, 15) is 9.18 Å². The highest BCUT2D eigenvalue weighted by Crippen LogP contribution is 2.33. The highest BCUT2D eigenvalue weighted by Gasteiger charge is 2.19. The molecule has 1 saturated carbocycles. The van der Waals surface area contributed by atoms with Crippen molar-refractivity contribution in [1.29, 1.82) is 0 Å². The van der Waals surface area contributed by atoms with Crippen LogP contribution in [0.5, 0.6) is 11.5 Å². The number of benzene rings is 2. The van der Waals surface area contributed by atoms with Crippen LogP contribution < -0.4 is 20.3 Å². The molecular weight excluding hydrogens is 407 g/mol. The third-order valence-corrected chi connectivity index (χ3v) is 6.43. The second kappa shape index (κ2) is 10.2. The molecule has 2 aromatic carbocycles. The summed E-state index contributed by atoms with van der Waals surface area (Å²) in [7, 11) is 3.22. The van der Waals surface area contributed by atoms with Crippen LogP contribution in [-0.2, 0) is 19.6 Å². The molecule has 6 heteroatoms. The molecule has 0 amide bonds. The maximum absolute atomic E-state index is 14.0. The van der Waals surface area contributed by atoms with Crippen LogP contribution in [0.15, 0.2) is 47.3 Å². The topological polar surface area (TPSA) is 52.5 Å². The number of halogens is 1. The van der Waals surface area contributed by atoms with Crippen LogP contribution in [0.3, 0.4) is 0 Å². The molecule has 0 bridgehead atoms. The lowest BCUT2D eigenvalue weighted by Crippen LogP contribution is -2.30. The minimum absolute atomic E-state index is 0.00340. The van der Waals surface area contributed by atoms with E-state index in [0.29, 0.717) is 48.2 Å². The maximum atomic E-state index is 14.0. The number of aromatic nitrogens is 1. The van der Waals surface area contributed by atoms with Gasteiger partial charge in [0.1, 0.15) is 5.82 Å². The van der Waals surface area contributed by atoms with Crippen LogP contribution in [0.1, 0.15) is 43.2 Å². The number of fused-ring (bicyclic) bond motifs is 1. The van der Waals surface area contributed by atoms with Crippen molar-refractivity contribution in [2.75, 3.05) is 14.2 Å². The van der Waals surface area contributed by atoms with Gasteiger partial charge in [0.25, 0.3) is 5.56 Å². The average molecular weight is 439 g/mol. The molecule has 4 rings (SSSR count). The molecule has 0 unspecified atom stereocenters. The summed E-state index contributed by atoms with van der Waals surface area (Å²) < 4.78 is 26.8. The molecule has 5 nitrogen and oxygen atoms in total. The summed E-state index contributed by atoms with van der Waals surface area (Å²) in [6.45, 7) is 1.42. The Morgan fingerprint density at radius 3 is 2.38 bits per heavy atom. The Morgan fingerprint density at radius 1 is 0.969 bits per heavy atom. The van der Waals surface area contributed by atoms with Gasteiger partial charge in [-0.1, -0.05) is 37.5 Å². The summed E-state index contributed by atoms with van der Waals surface area (Å²) in [5.41, 5.74) is 2.10. The molecule has 1 fully saturated rings. The molecule has 0 spiro atoms. The van der Waals surface area contributed by atoms with Crippen molar-refractivity contribution in [3.8, 4) is 11.5 Å². The van der Waals surface area contributed by atoms with Crippen molar-refractivity contribution in [2.45, 2.75) is 51.7 Å². The van der Waals surface area contributed by atoms with Gasteiger partial charge in [-0.05, 0) is 37.0 Å². The summed E-state index contributed by atoms with van der Waals surface area (Å²) in [6, 6.07) is 12.4. The highest BCUT2D eigenvalue weighted by molar-refractivity contribution is 5.83. The third-order valence-electron chi connectivity index (χ3n) is 6.43. The van der Waals surface area contributed by atoms with Crippen LogP contribution in [0.2, 0.25) is 0 Å². The van der Waals surface area contributed by atoms with E-state index in [1.165, 1.54) is 25.3 Å². The van der Waals surface area contributed by atoms with Gasteiger partial charge >= 0.3 is 0 Å². The van der Waals surface area contributed by atoms with Crippen molar-refractivity contribution < 1.29 is 13.9 Å². The monoisotopic (exact) mass is 438 g/mol. The van der Waals surface area contributed by atoms with E-state index >= 15 is 0 Å². The SMILES string of the molecule is COc1cc2cc(CNCc3ccccc3F)c(=O)n(CC3CCCCC3)c2cc1OC. The van der Waals surface area contributed by atoms with Crippen molar-refractivity contribution in [3.05, 3.63) is 69.8 Å². The smallest absolute Gasteiger partial charge is 0.255 e. The first-order chi connectivity index (χ1) is 15.6. The van der Waals surface area contributed by atoms with Crippen LogP contribution >= 0.6 is 0 Å². The van der Waals surface area contributed by atoms with E-state index in [1.54, 1.807) is 26.4 Å². The van der Waals surface area contributed by atoms with Gasteiger partial charge in [-0.3, -0.25) is 4.79 Å². The molecule has 170 valence electrons. The number of nitrogens with zero attached hydrogens (tertiary/aromatic N) is 1. The Hall–Kier alpha value is -2.86. The standard InChI is InChI=1S/C26H31FN2O3/c1-31-24-13-20-12-21(16-28-15-19-10-6-7-11-22(19)27)26(30)29(23(20)14-25(24)32-2)17-18-8-4-3-5-9-18/h6-7,10-14,18,28H,3-5,8-9,15-17H2,1-2H3. The number of rotatable bonds is 8. The summed E-state index contributed by atoms with van der Waals surface area (Å²) in [6.07, 6.45) is 6.02. The Kier molecular flexibility index (Phi) is 7.10. The quantitative estimate of drug-likeness (QED) is 0.536. The minimum atomic E-state index is -0.245. The van der Waals surface area contributed by atoms with Gasteiger partial charge in [-0.15, -0.1) is 0 Å². The number of hydrogen-bond acceptors (Lipinski definition) is 4. The molecule has 1 heterocycles. The fourth-order valence-electron chi connectivity index (χ4n) is 4.67. The first kappa shape index (κ1) is 22.3. The molecule has 0 saturated heterocycles. The van der Waals surface area contributed by atoms with Gasteiger partial charge in [0, 0.05) is 42.2 Å². The lowest BCUT2D eigenvalue weighted by atomic mass is 9.89. The van der Waals surface area contributed by atoms with Crippen LogP contribution in [0, 0.1) is 11.7 Å². The summed E-state index contributed by atoms with van der Waals surface area (Å²) in [5.74, 6) is 1.50. The molecule has 1 aliphatic rings. The summed E-state index contributed by atoms with van der Waals surface area (Å²) in [5, 5.41) is 4.17. The van der Waals surface area contributed by atoms with Crippen LogP contribution in [-0.4, -0.2) is 18.8 Å². The normalized spacial score (nSPS) is 14.6. The van der Waals surface area contributed by atoms with E-state index in [2.05, 4.69) is 5.32 Å². The molecular formula is C26H31FN2O3. The zero-order valence-corrected chi connectivity index (χ0v) is 18.8. The fourth-order valence-corrected chi connectivity index (χ4v) is 4.67. The molecule has 1 N–H and O–H groups in total. The van der Waals surface area contributed by atoms with Gasteiger partial charge in [-0.2, -0.15) is 0 Å². The largest absolute Gasteiger partial charge is 0.493 e. The number of nitrogens with one attached hydrogen (secondary N) is 1. The van der Waals surface area contributed by atoms with E-state index < -0.39 is 0 Å². The summed E-state index contributed by atoms with van der Waals surface area (Å²) >= 11 is 0. The van der Waals surface area contributed by atoms with Crippen molar-refractivity contribution >= 4 is 10.9 Å². The van der Waals surface area contributed by atoms with Gasteiger partial charge < -0.3 is 19.4 Å². The first-order valence-corrected chi connectivity index (χ1v) is 11.3. The lowest BCUT2D eigenvalue weighted by molar-refractivity contribution is 0.319. The average Bonchev–Trinajstić information content (AvgIpc) is 2.82. The van der Waals surface area contributed by atoms with Crippen LogP contribution in [0.4, 0.5) is 4.39 Å². The Balaban J connectivity index is 1.69. The molecule has 0 radical (unpaired) electrons. The van der Waals surface area contributed by atoms with E-state index in [4.69, 9.17) is 9.47 Å². The number of hydrogen-bond donors (Lipinski definition) is 1. The Bertz CT molecular complexity index is 1140. The molecule has 1 aromatic heterocycles. The summed E-state index contributed by atoms with van der Waals surface area (Å²) in [4.78, 5) is 13.5. The first-order valence-electron chi connectivity index (χ1n) is 11.3. The maximum Gasteiger partial charge on any atom is 0.255 e. The zero-order chi connectivity index (χ0) is 22.5. The highest BCUT2D eigenvalue weighted by atomic mass is 19.1. The predicted octanol–water partition coefficient (Wildman–Crippen LogP) is 5.03. The number of ether oxygens (including phenoxy) is 2. The Labute approximate surface area is 188 Å². The molecule has 0 atom stereocenters. The molecule has 32 heavy (non-hydrogen) atoms. The predicted molar refractivity (Wildman–Crippen MR) is 125 cm³/mol. The van der Waals surface area contributed by atoms with Gasteiger partial charge in [-0.25, -0.2) is 4.39 Å². The number of pyridine rings is 1. The Morgan fingerprint density at radius 2 is 1.66 bits per heavy atom. The van der Waals surface area contributed by atoms with Crippen molar-refractivity contribution in [1.82, 2.24) is 9.88 Å². The van der Waals surface area contributed by atoms with Gasteiger partial charge in [0.2, 0.25) is 0 Å². The van der Waals surface area contributed by atoms with Gasteiger partial charge in [0.05, 0.1) is 19.7 Å². The van der Waals surface area contributed by atoms with Gasteiger partial charge in [0.15, 0.2) is 11.5 Å². The molecule has 0 aliphatic heterocycles. The van der Waals surface area contributed by atoms with E-state index in [0.717, 1.165) is 23.7 Å². The second-order valence-corrected chi connectivity index (χ2v) is 8.55. The molecule has 1 aliphatic carbocycles. The zero-order valence-electron chi connectivity index (χ0n) is 18.8. The van der Waals surface area contributed by atoms with E-state index in [1.807, 2.05) is 28.8 Å². The molecule has 3 aromatic rings. The fraction of sp³-hybridized carbons (Fsp3) is 0.423. The van der Waals surface area contributed by atoms with Crippen molar-refractivity contribution in [3.63, 3.8) is 0 Å². The lowest BCUT2D eigenvalue weighted by Gasteiger charge is -2.24.